The van der Waals surface area contributed by atoms with Crippen molar-refractivity contribution in [3.05, 3.63) is 47.8 Å². The number of nitrogens with zero attached hydrogens (tertiary/aromatic N) is 2. The summed E-state index contributed by atoms with van der Waals surface area (Å²) in [6.45, 7) is 2.29. The Morgan fingerprint density at radius 3 is 2.81 bits per heavy atom. The first-order valence-electron chi connectivity index (χ1n) is 6.53. The summed E-state index contributed by atoms with van der Waals surface area (Å²) in [6, 6.07) is 5.27. The van der Waals surface area contributed by atoms with E-state index < -0.39 is 12.1 Å². The van der Waals surface area contributed by atoms with Crippen molar-refractivity contribution >= 4 is 17.8 Å². The fourth-order valence-corrected chi connectivity index (χ4v) is 2.02. The van der Waals surface area contributed by atoms with Gasteiger partial charge in [0.15, 0.2) is 0 Å². The molecule has 2 heterocycles. The summed E-state index contributed by atoms with van der Waals surface area (Å²) < 4.78 is 9.81. The van der Waals surface area contributed by atoms with Gasteiger partial charge in [-0.2, -0.15) is 0 Å². The predicted octanol–water partition coefficient (Wildman–Crippen LogP) is 1.99. The lowest BCUT2D eigenvalue weighted by Crippen LogP contribution is -2.33. The Labute approximate surface area is 122 Å². The largest absolute Gasteiger partial charge is 0.462 e. The van der Waals surface area contributed by atoms with Crippen LogP contribution in [0.3, 0.4) is 0 Å². The highest BCUT2D eigenvalue weighted by Crippen LogP contribution is 2.27. The summed E-state index contributed by atoms with van der Waals surface area (Å²) in [7, 11) is 1.29. The molecule has 1 aromatic rings. The third-order valence-electron chi connectivity index (χ3n) is 2.90. The molecule has 6 heteroatoms. The SMILES string of the molecule is CCOC(=O)C1=C(c2ccccn2)N(C(=O)OC)CC=C1. The average molecular weight is 288 g/mol. The molecule has 6 nitrogen and oxygen atoms in total. The summed E-state index contributed by atoms with van der Waals surface area (Å²) in [4.78, 5) is 29.6. The molecule has 1 aliphatic rings. The molecular weight excluding hydrogens is 272 g/mol. The molecular formula is C15H16N2O4. The fourth-order valence-electron chi connectivity index (χ4n) is 2.02. The van der Waals surface area contributed by atoms with Crippen LogP contribution in [0.1, 0.15) is 12.6 Å². The molecule has 0 atom stereocenters. The predicted molar refractivity (Wildman–Crippen MR) is 76.0 cm³/mol. The van der Waals surface area contributed by atoms with Crippen molar-refractivity contribution in [2.24, 2.45) is 0 Å². The van der Waals surface area contributed by atoms with Crippen molar-refractivity contribution in [3.8, 4) is 0 Å². The van der Waals surface area contributed by atoms with Gasteiger partial charge in [-0.3, -0.25) is 9.88 Å². The molecule has 0 aromatic carbocycles. The Kier molecular flexibility index (Phi) is 4.71. The van der Waals surface area contributed by atoms with Crippen LogP contribution < -0.4 is 0 Å². The van der Waals surface area contributed by atoms with E-state index in [0.717, 1.165) is 0 Å². The lowest BCUT2D eigenvalue weighted by atomic mass is 10.1. The normalized spacial score (nSPS) is 14.1. The topological polar surface area (TPSA) is 68.7 Å². The maximum Gasteiger partial charge on any atom is 0.414 e. The second-order valence-electron chi connectivity index (χ2n) is 4.18. The number of rotatable bonds is 3. The second kappa shape index (κ2) is 6.69. The molecule has 0 spiro atoms. The number of esters is 1. The van der Waals surface area contributed by atoms with Gasteiger partial charge in [0.05, 0.1) is 30.7 Å². The summed E-state index contributed by atoms with van der Waals surface area (Å²) in [5, 5.41) is 0. The van der Waals surface area contributed by atoms with E-state index in [2.05, 4.69) is 4.98 Å². The van der Waals surface area contributed by atoms with Crippen LogP contribution in [0.2, 0.25) is 0 Å². The fraction of sp³-hybridized carbons (Fsp3) is 0.267. The van der Waals surface area contributed by atoms with E-state index in [-0.39, 0.29) is 12.2 Å². The molecule has 0 N–H and O–H groups in total. The molecule has 110 valence electrons. The minimum atomic E-state index is -0.554. The van der Waals surface area contributed by atoms with E-state index in [1.165, 1.54) is 12.0 Å². The number of carbonyl (C=O) groups excluding carboxylic acids is 2. The minimum absolute atomic E-state index is 0.254. The first kappa shape index (κ1) is 14.8. The zero-order chi connectivity index (χ0) is 15.2. The van der Waals surface area contributed by atoms with Gasteiger partial charge in [0.25, 0.3) is 0 Å². The second-order valence-corrected chi connectivity index (χ2v) is 4.18. The van der Waals surface area contributed by atoms with Crippen LogP contribution in [0.15, 0.2) is 42.1 Å². The maximum absolute atomic E-state index is 12.1. The number of amides is 1. The Morgan fingerprint density at radius 1 is 1.38 bits per heavy atom. The number of hydrogen-bond acceptors (Lipinski definition) is 5. The molecule has 2 rings (SSSR count). The number of pyridine rings is 1. The molecule has 1 aliphatic heterocycles. The highest BCUT2D eigenvalue weighted by Gasteiger charge is 2.28. The van der Waals surface area contributed by atoms with Crippen molar-refractivity contribution in [2.75, 3.05) is 20.3 Å². The van der Waals surface area contributed by atoms with Crippen LogP contribution in [0, 0.1) is 0 Å². The van der Waals surface area contributed by atoms with Crippen molar-refractivity contribution < 1.29 is 19.1 Å². The van der Waals surface area contributed by atoms with Crippen molar-refractivity contribution in [1.29, 1.82) is 0 Å². The summed E-state index contributed by atoms with van der Waals surface area (Å²) in [6.07, 6.45) is 4.39. The van der Waals surface area contributed by atoms with Crippen molar-refractivity contribution in [2.45, 2.75) is 6.92 Å². The minimum Gasteiger partial charge on any atom is -0.462 e. The smallest absolute Gasteiger partial charge is 0.414 e. The summed E-state index contributed by atoms with van der Waals surface area (Å²) in [5.74, 6) is -0.497. The molecule has 0 aliphatic carbocycles. The van der Waals surface area contributed by atoms with Crippen molar-refractivity contribution in [3.63, 3.8) is 0 Å². The van der Waals surface area contributed by atoms with Gasteiger partial charge in [-0.05, 0) is 25.1 Å². The molecule has 1 aromatic heterocycles. The van der Waals surface area contributed by atoms with E-state index in [9.17, 15) is 9.59 Å². The van der Waals surface area contributed by atoms with Gasteiger partial charge in [0, 0.05) is 12.7 Å². The maximum atomic E-state index is 12.1. The Balaban J connectivity index is 2.54. The molecule has 0 bridgehead atoms. The van der Waals surface area contributed by atoms with E-state index in [1.807, 2.05) is 0 Å². The standard InChI is InChI=1S/C15H16N2O4/c1-3-21-14(18)11-7-6-10-17(15(19)20-2)13(11)12-8-4-5-9-16-12/h4-9H,3,10H2,1-2H3. The Morgan fingerprint density at radius 2 is 2.19 bits per heavy atom. The highest BCUT2D eigenvalue weighted by atomic mass is 16.5. The number of aromatic nitrogens is 1. The van der Waals surface area contributed by atoms with Crippen molar-refractivity contribution in [1.82, 2.24) is 9.88 Å². The highest BCUT2D eigenvalue weighted by molar-refractivity contribution is 6.02. The van der Waals surface area contributed by atoms with Gasteiger partial charge in [0.2, 0.25) is 0 Å². The average Bonchev–Trinajstić information content (AvgIpc) is 2.54. The number of hydrogen-bond donors (Lipinski definition) is 0. The van der Waals surface area contributed by atoms with E-state index in [1.54, 1.807) is 43.5 Å². The van der Waals surface area contributed by atoms with Crippen LogP contribution >= 0.6 is 0 Å². The zero-order valence-corrected chi connectivity index (χ0v) is 11.9. The summed E-state index contributed by atoms with van der Waals surface area (Å²) >= 11 is 0. The first-order valence-corrected chi connectivity index (χ1v) is 6.53. The van der Waals surface area contributed by atoms with Gasteiger partial charge < -0.3 is 9.47 Å². The van der Waals surface area contributed by atoms with E-state index in [4.69, 9.17) is 9.47 Å². The molecule has 0 saturated carbocycles. The van der Waals surface area contributed by atoms with Crippen LogP contribution in [0.25, 0.3) is 5.70 Å². The first-order chi connectivity index (χ1) is 10.2. The zero-order valence-electron chi connectivity index (χ0n) is 11.9. The quantitative estimate of drug-likeness (QED) is 0.796. The van der Waals surface area contributed by atoms with Gasteiger partial charge >= 0.3 is 12.1 Å². The lowest BCUT2D eigenvalue weighted by molar-refractivity contribution is -0.138. The van der Waals surface area contributed by atoms with E-state index >= 15 is 0 Å². The monoisotopic (exact) mass is 288 g/mol. The van der Waals surface area contributed by atoms with Crippen LogP contribution in [-0.2, 0) is 14.3 Å². The van der Waals surface area contributed by atoms with Crippen LogP contribution in [0.4, 0.5) is 4.79 Å². The third-order valence-corrected chi connectivity index (χ3v) is 2.90. The molecule has 1 amide bonds. The third kappa shape index (κ3) is 3.10. The number of carbonyl (C=O) groups is 2. The number of ether oxygens (including phenoxy) is 2. The van der Waals surface area contributed by atoms with Gasteiger partial charge in [0.1, 0.15) is 0 Å². The van der Waals surface area contributed by atoms with Gasteiger partial charge in [-0.1, -0.05) is 12.1 Å². The van der Waals surface area contributed by atoms with Gasteiger partial charge in [-0.25, -0.2) is 9.59 Å². The molecule has 0 fully saturated rings. The lowest BCUT2D eigenvalue weighted by Gasteiger charge is -2.26. The van der Waals surface area contributed by atoms with Crippen LogP contribution in [-0.4, -0.2) is 42.2 Å². The Bertz CT molecular complexity index is 593. The Hall–Kier alpha value is -2.63. The molecule has 0 radical (unpaired) electrons. The van der Waals surface area contributed by atoms with Crippen LogP contribution in [0.5, 0.6) is 0 Å². The summed E-state index contributed by atoms with van der Waals surface area (Å²) in [5.41, 5.74) is 1.19. The van der Waals surface area contributed by atoms with Gasteiger partial charge in [-0.15, -0.1) is 0 Å². The van der Waals surface area contributed by atoms with E-state index in [0.29, 0.717) is 17.9 Å². The molecule has 0 unspecified atom stereocenters. The molecule has 0 saturated heterocycles. The molecule has 21 heavy (non-hydrogen) atoms. The number of methoxy groups -OCH3 is 1.